The van der Waals surface area contributed by atoms with Crippen LogP contribution >= 0.6 is 0 Å². The molecule has 4 heteroatoms. The van der Waals surface area contributed by atoms with Gasteiger partial charge in [0.05, 0.1) is 34.0 Å². The summed E-state index contributed by atoms with van der Waals surface area (Å²) in [5.41, 5.74) is 10.8. The molecular formula is C44H28N4. The van der Waals surface area contributed by atoms with Crippen molar-refractivity contribution in [3.05, 3.63) is 170 Å². The second-order valence-electron chi connectivity index (χ2n) is 11.9. The van der Waals surface area contributed by atoms with Gasteiger partial charge in [-0.1, -0.05) is 109 Å². The van der Waals surface area contributed by atoms with E-state index in [1.54, 1.807) is 12.4 Å². The van der Waals surface area contributed by atoms with Crippen molar-refractivity contribution in [2.75, 3.05) is 0 Å². The third-order valence-electron chi connectivity index (χ3n) is 8.96. The molecule has 4 nitrogen and oxygen atoms in total. The molecule has 4 aromatic heterocycles. The molecule has 0 amide bonds. The normalized spacial score (nSPS) is 11.3. The maximum atomic E-state index is 5.19. The van der Waals surface area contributed by atoms with E-state index in [-0.39, 0.29) is 0 Å². The zero-order valence-electron chi connectivity index (χ0n) is 26.0. The molecule has 0 saturated heterocycles. The summed E-state index contributed by atoms with van der Waals surface area (Å²) in [6.45, 7) is 0. The van der Waals surface area contributed by atoms with Crippen LogP contribution in [0.2, 0.25) is 0 Å². The first-order valence-corrected chi connectivity index (χ1v) is 16.0. The molecule has 224 valence electrons. The minimum absolute atomic E-state index is 0.811. The molecule has 9 aromatic rings. The van der Waals surface area contributed by atoms with Gasteiger partial charge in [0.15, 0.2) is 0 Å². The Morgan fingerprint density at radius 1 is 0.333 bits per heavy atom. The molecule has 0 saturated carbocycles. The first-order valence-electron chi connectivity index (χ1n) is 16.0. The largest absolute Gasteiger partial charge is 0.255 e. The monoisotopic (exact) mass is 612 g/mol. The van der Waals surface area contributed by atoms with Crippen LogP contribution in [0.1, 0.15) is 0 Å². The van der Waals surface area contributed by atoms with Gasteiger partial charge in [0.1, 0.15) is 0 Å². The average molecular weight is 613 g/mol. The summed E-state index contributed by atoms with van der Waals surface area (Å²) in [5, 5.41) is 6.06. The lowest BCUT2D eigenvalue weighted by Gasteiger charge is -2.13. The Bertz CT molecular complexity index is 2520. The van der Waals surface area contributed by atoms with E-state index in [0.29, 0.717) is 0 Å². The van der Waals surface area contributed by atoms with Crippen LogP contribution in [0.5, 0.6) is 0 Å². The lowest BCUT2D eigenvalue weighted by atomic mass is 9.94. The van der Waals surface area contributed by atoms with Crippen LogP contribution in [0.4, 0.5) is 0 Å². The minimum Gasteiger partial charge on any atom is -0.255 e. The zero-order chi connectivity index (χ0) is 31.9. The lowest BCUT2D eigenvalue weighted by molar-refractivity contribution is 1.22. The fourth-order valence-electron chi connectivity index (χ4n) is 6.63. The summed E-state index contributed by atoms with van der Waals surface area (Å²) in [7, 11) is 0. The SMILES string of the molecule is c1ccc(-c2cc(-c3cccc(-c4ccc(-c5nc6ccccc6c6c5ccc5ccccc56)cc4)c3)cc(-c3ccccn3)n2)nc1. The quantitative estimate of drug-likeness (QED) is 0.181. The van der Waals surface area contributed by atoms with E-state index in [1.165, 1.54) is 21.5 Å². The van der Waals surface area contributed by atoms with Crippen molar-refractivity contribution in [1.29, 1.82) is 0 Å². The van der Waals surface area contributed by atoms with Gasteiger partial charge in [-0.05, 0) is 81.6 Å². The second kappa shape index (κ2) is 11.7. The molecule has 0 aliphatic rings. The number of hydrogen-bond donors (Lipinski definition) is 0. The molecule has 0 fully saturated rings. The molecule has 9 rings (SSSR count). The van der Waals surface area contributed by atoms with E-state index < -0.39 is 0 Å². The highest BCUT2D eigenvalue weighted by atomic mass is 14.8. The van der Waals surface area contributed by atoms with Gasteiger partial charge >= 0.3 is 0 Å². The van der Waals surface area contributed by atoms with Crippen LogP contribution in [0, 0.1) is 0 Å². The van der Waals surface area contributed by atoms with Gasteiger partial charge in [0, 0.05) is 34.1 Å². The Morgan fingerprint density at radius 2 is 0.958 bits per heavy atom. The van der Waals surface area contributed by atoms with E-state index in [4.69, 9.17) is 9.97 Å². The van der Waals surface area contributed by atoms with Crippen molar-refractivity contribution < 1.29 is 0 Å². The van der Waals surface area contributed by atoms with Gasteiger partial charge in [-0.3, -0.25) is 9.97 Å². The molecule has 0 unspecified atom stereocenters. The topological polar surface area (TPSA) is 51.6 Å². The summed E-state index contributed by atoms with van der Waals surface area (Å²) in [6.07, 6.45) is 3.60. The number of aromatic nitrogens is 4. The highest BCUT2D eigenvalue weighted by molar-refractivity contribution is 6.22. The third-order valence-corrected chi connectivity index (χ3v) is 8.96. The standard InChI is InChI=1S/C44H28N4/c1-2-13-35-30(10-1)22-23-37-43(35)36-14-3-4-15-38(36)48-44(37)31-20-18-29(19-21-31)32-11-9-12-33(26-32)34-27-41(39-16-5-7-24-45-39)47-42(28-34)40-17-6-8-25-46-40/h1-28H. The summed E-state index contributed by atoms with van der Waals surface area (Å²) in [5.74, 6) is 0. The first-order chi connectivity index (χ1) is 23.8. The predicted octanol–water partition coefficient (Wildman–Crippen LogP) is 11.1. The summed E-state index contributed by atoms with van der Waals surface area (Å²) in [6, 6.07) is 54.9. The molecule has 0 radical (unpaired) electrons. The number of fused-ring (bicyclic) bond motifs is 5. The molecule has 0 atom stereocenters. The number of benzene rings is 5. The Morgan fingerprint density at radius 3 is 1.67 bits per heavy atom. The van der Waals surface area contributed by atoms with Crippen LogP contribution in [0.3, 0.4) is 0 Å². The van der Waals surface area contributed by atoms with Gasteiger partial charge in [-0.15, -0.1) is 0 Å². The minimum atomic E-state index is 0.811. The first kappa shape index (κ1) is 27.8. The van der Waals surface area contributed by atoms with Gasteiger partial charge in [-0.25, -0.2) is 9.97 Å². The van der Waals surface area contributed by atoms with E-state index in [0.717, 1.165) is 67.2 Å². The third kappa shape index (κ3) is 4.97. The summed E-state index contributed by atoms with van der Waals surface area (Å²) >= 11 is 0. The number of para-hydroxylation sites is 1. The Balaban J connectivity index is 1.13. The van der Waals surface area contributed by atoms with Gasteiger partial charge in [0.25, 0.3) is 0 Å². The second-order valence-corrected chi connectivity index (χ2v) is 11.9. The maximum Gasteiger partial charge on any atom is 0.0900 e. The predicted molar refractivity (Wildman–Crippen MR) is 197 cm³/mol. The fourth-order valence-corrected chi connectivity index (χ4v) is 6.63. The molecule has 0 aliphatic carbocycles. The average Bonchev–Trinajstić information content (AvgIpc) is 3.18. The van der Waals surface area contributed by atoms with E-state index in [2.05, 4.69) is 131 Å². The molecule has 0 N–H and O–H groups in total. The molecular weight excluding hydrogens is 585 g/mol. The lowest BCUT2D eigenvalue weighted by Crippen LogP contribution is -1.94. The van der Waals surface area contributed by atoms with Crippen molar-refractivity contribution in [3.63, 3.8) is 0 Å². The van der Waals surface area contributed by atoms with Gasteiger partial charge < -0.3 is 0 Å². The van der Waals surface area contributed by atoms with Crippen LogP contribution in [0.15, 0.2) is 170 Å². The number of nitrogens with zero attached hydrogens (tertiary/aromatic N) is 4. The van der Waals surface area contributed by atoms with Crippen LogP contribution in [0.25, 0.3) is 88.7 Å². The Labute approximate surface area is 278 Å². The molecule has 4 heterocycles. The van der Waals surface area contributed by atoms with E-state index >= 15 is 0 Å². The van der Waals surface area contributed by atoms with Crippen LogP contribution in [-0.4, -0.2) is 19.9 Å². The van der Waals surface area contributed by atoms with Crippen LogP contribution < -0.4 is 0 Å². The van der Waals surface area contributed by atoms with Crippen molar-refractivity contribution >= 4 is 32.4 Å². The van der Waals surface area contributed by atoms with Gasteiger partial charge in [-0.2, -0.15) is 0 Å². The molecule has 0 aliphatic heterocycles. The Hall–Kier alpha value is -6.52. The highest BCUT2D eigenvalue weighted by Crippen LogP contribution is 2.38. The van der Waals surface area contributed by atoms with Crippen molar-refractivity contribution in [3.8, 4) is 56.3 Å². The van der Waals surface area contributed by atoms with E-state index in [9.17, 15) is 0 Å². The number of rotatable bonds is 5. The molecule has 0 bridgehead atoms. The van der Waals surface area contributed by atoms with Crippen molar-refractivity contribution in [2.45, 2.75) is 0 Å². The maximum absolute atomic E-state index is 5.19. The summed E-state index contributed by atoms with van der Waals surface area (Å²) < 4.78 is 0. The van der Waals surface area contributed by atoms with Gasteiger partial charge in [0.2, 0.25) is 0 Å². The van der Waals surface area contributed by atoms with Crippen molar-refractivity contribution in [2.24, 2.45) is 0 Å². The molecule has 5 aromatic carbocycles. The summed E-state index contributed by atoms with van der Waals surface area (Å²) in [4.78, 5) is 19.3. The fraction of sp³-hybridized carbons (Fsp3) is 0. The van der Waals surface area contributed by atoms with Crippen molar-refractivity contribution in [1.82, 2.24) is 19.9 Å². The highest BCUT2D eigenvalue weighted by Gasteiger charge is 2.14. The molecule has 0 spiro atoms. The van der Waals surface area contributed by atoms with Crippen LogP contribution in [-0.2, 0) is 0 Å². The number of hydrogen-bond acceptors (Lipinski definition) is 4. The zero-order valence-corrected chi connectivity index (χ0v) is 26.0. The molecule has 48 heavy (non-hydrogen) atoms. The number of pyridine rings is 4. The van der Waals surface area contributed by atoms with E-state index in [1.807, 2.05) is 36.4 Å². The Kier molecular flexibility index (Phi) is 6.76. The smallest absolute Gasteiger partial charge is 0.0900 e.